The first-order valence-electron chi connectivity index (χ1n) is 6.00. The Balaban J connectivity index is 2.32. The van der Waals surface area contributed by atoms with Crippen LogP contribution in [0.2, 0.25) is 0 Å². The highest BCUT2D eigenvalue weighted by Crippen LogP contribution is 2.20. The third-order valence-electron chi connectivity index (χ3n) is 2.73. The van der Waals surface area contributed by atoms with E-state index >= 15 is 0 Å². The molecule has 7 nitrogen and oxygen atoms in total. The third-order valence-corrected chi connectivity index (χ3v) is 3.70. The Labute approximate surface area is 122 Å². The number of amides is 1. The van der Waals surface area contributed by atoms with Crippen molar-refractivity contribution < 1.29 is 13.2 Å². The molecule has 0 aliphatic carbocycles. The Morgan fingerprint density at radius 2 is 1.95 bits per heavy atom. The first-order chi connectivity index (χ1) is 9.91. The van der Waals surface area contributed by atoms with Gasteiger partial charge in [0.2, 0.25) is 10.0 Å². The van der Waals surface area contributed by atoms with Crippen molar-refractivity contribution in [2.75, 3.05) is 5.32 Å². The van der Waals surface area contributed by atoms with Crippen LogP contribution in [0.15, 0.2) is 47.5 Å². The average Bonchev–Trinajstić information content (AvgIpc) is 2.46. The number of pyridine rings is 1. The third kappa shape index (κ3) is 3.63. The number of carbonyl (C=O) groups is 1. The summed E-state index contributed by atoms with van der Waals surface area (Å²) in [7, 11) is -3.92. The van der Waals surface area contributed by atoms with Crippen molar-refractivity contribution in [3.63, 3.8) is 0 Å². The van der Waals surface area contributed by atoms with E-state index in [0.717, 1.165) is 0 Å². The summed E-state index contributed by atoms with van der Waals surface area (Å²) in [6.45, 7) is 0.203. The molecule has 8 heteroatoms. The van der Waals surface area contributed by atoms with Crippen LogP contribution in [0.25, 0.3) is 0 Å². The fraction of sp³-hybridized carbons (Fsp3) is 0.0769. The van der Waals surface area contributed by atoms with Crippen molar-refractivity contribution in [3.05, 3.63) is 53.9 Å². The second-order valence-electron chi connectivity index (χ2n) is 4.24. The molecule has 0 saturated heterocycles. The number of sulfonamides is 1. The number of hydrogen-bond donors (Lipinski definition) is 3. The summed E-state index contributed by atoms with van der Waals surface area (Å²) < 4.78 is 22.9. The Hall–Kier alpha value is -2.29. The van der Waals surface area contributed by atoms with Crippen LogP contribution in [0.3, 0.4) is 0 Å². The minimum atomic E-state index is -3.92. The number of benzene rings is 1. The number of nitrogens with zero attached hydrogens (tertiary/aromatic N) is 1. The minimum Gasteiger partial charge on any atom is -0.325 e. The predicted octanol–water partition coefficient (Wildman–Crippen LogP) is 0.440. The Morgan fingerprint density at radius 3 is 2.62 bits per heavy atom. The van der Waals surface area contributed by atoms with Gasteiger partial charge in [0.25, 0.3) is 5.91 Å². The lowest BCUT2D eigenvalue weighted by molar-refractivity contribution is 0.102. The number of primary sulfonamides is 1. The predicted molar refractivity (Wildman–Crippen MR) is 77.9 cm³/mol. The summed E-state index contributed by atoms with van der Waals surface area (Å²) in [5.41, 5.74) is 6.47. The molecule has 0 atom stereocenters. The van der Waals surface area contributed by atoms with E-state index in [-0.39, 0.29) is 17.1 Å². The van der Waals surface area contributed by atoms with E-state index < -0.39 is 15.9 Å². The average molecular weight is 306 g/mol. The molecule has 1 aromatic heterocycles. The molecule has 0 fully saturated rings. The van der Waals surface area contributed by atoms with Gasteiger partial charge < -0.3 is 11.1 Å². The van der Waals surface area contributed by atoms with Crippen molar-refractivity contribution in [3.8, 4) is 0 Å². The highest BCUT2D eigenvalue weighted by atomic mass is 32.2. The second-order valence-corrected chi connectivity index (χ2v) is 5.77. The van der Waals surface area contributed by atoms with Crippen LogP contribution in [-0.2, 0) is 16.6 Å². The Bertz CT molecular complexity index is 774. The van der Waals surface area contributed by atoms with Crippen LogP contribution in [-0.4, -0.2) is 19.3 Å². The van der Waals surface area contributed by atoms with Gasteiger partial charge in [-0.3, -0.25) is 9.78 Å². The van der Waals surface area contributed by atoms with Gasteiger partial charge in [-0.2, -0.15) is 0 Å². The number of nitrogens with one attached hydrogen (secondary N) is 1. The van der Waals surface area contributed by atoms with Crippen molar-refractivity contribution in [1.29, 1.82) is 0 Å². The molecule has 0 spiro atoms. The molecule has 0 aliphatic heterocycles. The van der Waals surface area contributed by atoms with E-state index in [1.54, 1.807) is 6.07 Å². The van der Waals surface area contributed by atoms with Gasteiger partial charge in [-0.15, -0.1) is 0 Å². The SMILES string of the molecule is NCc1cc(C(=O)Nc2ccccc2S(N)(=O)=O)ccn1. The van der Waals surface area contributed by atoms with Gasteiger partial charge in [0.1, 0.15) is 4.90 Å². The lowest BCUT2D eigenvalue weighted by Crippen LogP contribution is -2.18. The van der Waals surface area contributed by atoms with Gasteiger partial charge >= 0.3 is 0 Å². The molecular formula is C13H14N4O3S. The molecule has 1 heterocycles. The highest BCUT2D eigenvalue weighted by molar-refractivity contribution is 7.89. The summed E-state index contributed by atoms with van der Waals surface area (Å²) in [5.74, 6) is -0.469. The molecule has 2 rings (SSSR count). The van der Waals surface area contributed by atoms with Crippen LogP contribution in [0.5, 0.6) is 0 Å². The van der Waals surface area contributed by atoms with Gasteiger partial charge in [-0.1, -0.05) is 12.1 Å². The van der Waals surface area contributed by atoms with Crippen LogP contribution in [0.1, 0.15) is 16.1 Å². The molecule has 2 aromatic rings. The zero-order valence-corrected chi connectivity index (χ0v) is 11.8. The number of rotatable bonds is 4. The standard InChI is InChI=1S/C13H14N4O3S/c14-8-10-7-9(5-6-16-10)13(18)17-11-3-1-2-4-12(11)21(15,19)20/h1-7H,8,14H2,(H,17,18)(H2,15,19,20). The summed E-state index contributed by atoms with van der Waals surface area (Å²) in [6.07, 6.45) is 1.46. The number of carbonyl (C=O) groups excluding carboxylic acids is 1. The maximum atomic E-state index is 12.1. The highest BCUT2D eigenvalue weighted by Gasteiger charge is 2.16. The number of para-hydroxylation sites is 1. The van der Waals surface area contributed by atoms with Gasteiger partial charge in [0.05, 0.1) is 11.4 Å². The maximum absolute atomic E-state index is 12.1. The normalized spacial score (nSPS) is 11.1. The second kappa shape index (κ2) is 6.00. The van der Waals surface area contributed by atoms with Gasteiger partial charge in [-0.05, 0) is 24.3 Å². The number of aromatic nitrogens is 1. The van der Waals surface area contributed by atoms with Crippen LogP contribution < -0.4 is 16.2 Å². The fourth-order valence-corrected chi connectivity index (χ4v) is 2.44. The Kier molecular flexibility index (Phi) is 4.32. The monoisotopic (exact) mass is 306 g/mol. The fourth-order valence-electron chi connectivity index (χ4n) is 1.74. The van der Waals surface area contributed by atoms with Gasteiger partial charge in [0, 0.05) is 18.3 Å². The summed E-state index contributed by atoms with van der Waals surface area (Å²) in [4.78, 5) is 16.0. The molecule has 0 saturated carbocycles. The zero-order chi connectivity index (χ0) is 15.5. The summed E-state index contributed by atoms with van der Waals surface area (Å²) in [5, 5.41) is 7.63. The van der Waals surface area contributed by atoms with Crippen molar-refractivity contribution >= 4 is 21.6 Å². The number of anilines is 1. The minimum absolute atomic E-state index is 0.121. The van der Waals surface area contributed by atoms with Gasteiger partial charge in [-0.25, -0.2) is 13.6 Å². The lowest BCUT2D eigenvalue weighted by Gasteiger charge is -2.09. The smallest absolute Gasteiger partial charge is 0.255 e. The maximum Gasteiger partial charge on any atom is 0.255 e. The van der Waals surface area contributed by atoms with E-state index in [2.05, 4.69) is 10.3 Å². The molecule has 0 unspecified atom stereocenters. The van der Waals surface area contributed by atoms with Crippen LogP contribution >= 0.6 is 0 Å². The molecule has 21 heavy (non-hydrogen) atoms. The molecule has 0 radical (unpaired) electrons. The van der Waals surface area contributed by atoms with Crippen molar-refractivity contribution in [1.82, 2.24) is 4.98 Å². The number of nitrogens with two attached hydrogens (primary N) is 2. The Morgan fingerprint density at radius 1 is 1.24 bits per heavy atom. The van der Waals surface area contributed by atoms with E-state index in [9.17, 15) is 13.2 Å². The topological polar surface area (TPSA) is 128 Å². The number of hydrogen-bond acceptors (Lipinski definition) is 5. The van der Waals surface area contributed by atoms with Gasteiger partial charge in [0.15, 0.2) is 0 Å². The van der Waals surface area contributed by atoms with Crippen molar-refractivity contribution in [2.24, 2.45) is 10.9 Å². The van der Waals surface area contributed by atoms with E-state index in [4.69, 9.17) is 10.9 Å². The summed E-state index contributed by atoms with van der Waals surface area (Å²) in [6, 6.07) is 8.95. The first-order valence-corrected chi connectivity index (χ1v) is 7.54. The molecule has 110 valence electrons. The molecule has 1 amide bonds. The lowest BCUT2D eigenvalue weighted by atomic mass is 10.2. The van der Waals surface area contributed by atoms with Crippen LogP contribution in [0, 0.1) is 0 Å². The van der Waals surface area contributed by atoms with E-state index in [0.29, 0.717) is 11.3 Å². The quantitative estimate of drug-likeness (QED) is 0.755. The first kappa shape index (κ1) is 15.1. The largest absolute Gasteiger partial charge is 0.325 e. The van der Waals surface area contributed by atoms with E-state index in [1.165, 1.54) is 36.5 Å². The molecule has 1 aromatic carbocycles. The molecular weight excluding hydrogens is 292 g/mol. The van der Waals surface area contributed by atoms with Crippen molar-refractivity contribution in [2.45, 2.75) is 11.4 Å². The molecule has 0 aliphatic rings. The molecule has 5 N–H and O–H groups in total. The summed E-state index contributed by atoms with van der Waals surface area (Å²) >= 11 is 0. The zero-order valence-electron chi connectivity index (χ0n) is 11.0. The van der Waals surface area contributed by atoms with E-state index in [1.807, 2.05) is 0 Å². The van der Waals surface area contributed by atoms with Crippen LogP contribution in [0.4, 0.5) is 5.69 Å². The molecule has 0 bridgehead atoms.